The van der Waals surface area contributed by atoms with Crippen LogP contribution in [0.5, 0.6) is 0 Å². The number of aliphatic imine (C=N–C) groups is 1. The number of halogens is 3. The van der Waals surface area contributed by atoms with Gasteiger partial charge in [0.05, 0.1) is 18.1 Å². The molecular weight excluding hydrogens is 375 g/mol. The highest BCUT2D eigenvalue weighted by molar-refractivity contribution is 5.84. The van der Waals surface area contributed by atoms with Crippen LogP contribution < -0.4 is 10.6 Å². The Balaban J connectivity index is 1.66. The van der Waals surface area contributed by atoms with Crippen molar-refractivity contribution in [3.8, 4) is 0 Å². The Morgan fingerprint density at radius 2 is 1.31 bits per heavy atom. The zero-order valence-corrected chi connectivity index (χ0v) is 15.8. The van der Waals surface area contributed by atoms with E-state index >= 15 is 0 Å². The summed E-state index contributed by atoms with van der Waals surface area (Å²) in [5, 5.41) is 6.76. The summed E-state index contributed by atoms with van der Waals surface area (Å²) in [4.78, 5) is 4.58. The molecule has 1 fully saturated rings. The first-order valence-corrected chi connectivity index (χ1v) is 9.29. The Morgan fingerprint density at radius 3 is 1.90 bits per heavy atom. The summed E-state index contributed by atoms with van der Waals surface area (Å²) >= 11 is 0. The van der Waals surface area contributed by atoms with Crippen molar-refractivity contribution in [1.29, 1.82) is 0 Å². The Labute approximate surface area is 167 Å². The monoisotopic (exact) mass is 395 g/mol. The molecule has 0 saturated carbocycles. The molecule has 148 valence electrons. The zero-order valence-electron chi connectivity index (χ0n) is 15.8. The molecule has 0 aromatic heterocycles. The van der Waals surface area contributed by atoms with E-state index in [9.17, 15) is 13.2 Å². The largest absolute Gasteiger partial charge is 0.347 e. The van der Waals surface area contributed by atoms with E-state index in [1.807, 2.05) is 6.92 Å². The minimum absolute atomic E-state index is 0.250. The first kappa shape index (κ1) is 19.1. The van der Waals surface area contributed by atoms with Gasteiger partial charge in [0, 0.05) is 0 Å². The molecule has 0 bridgehead atoms. The number of hydrogen-bond donors (Lipinski definition) is 2. The summed E-state index contributed by atoms with van der Waals surface area (Å²) in [6.07, 6.45) is 0. The molecule has 1 saturated heterocycles. The summed E-state index contributed by atoms with van der Waals surface area (Å²) in [5.74, 6) is -0.352. The van der Waals surface area contributed by atoms with Crippen LogP contribution in [-0.4, -0.2) is 5.96 Å². The molecule has 1 aliphatic heterocycles. The van der Waals surface area contributed by atoms with Gasteiger partial charge in [-0.15, -0.1) is 0 Å². The molecule has 2 N–H and O–H groups in total. The summed E-state index contributed by atoms with van der Waals surface area (Å²) in [5.41, 5.74) is 1.98. The fraction of sp³-hybridized carbons (Fsp3) is 0.174. The number of rotatable bonds is 4. The molecule has 29 heavy (non-hydrogen) atoms. The fourth-order valence-corrected chi connectivity index (χ4v) is 3.59. The van der Waals surface area contributed by atoms with E-state index < -0.39 is 5.54 Å². The molecule has 3 aromatic carbocycles. The third-order valence-corrected chi connectivity index (χ3v) is 5.22. The van der Waals surface area contributed by atoms with Gasteiger partial charge in [0.25, 0.3) is 0 Å². The smallest absolute Gasteiger partial charge is 0.192 e. The average Bonchev–Trinajstić information content (AvgIpc) is 3.06. The molecule has 1 heterocycles. The van der Waals surface area contributed by atoms with Crippen LogP contribution in [0.2, 0.25) is 0 Å². The highest BCUT2D eigenvalue weighted by atomic mass is 19.1. The third kappa shape index (κ3) is 3.97. The molecule has 4 rings (SSSR count). The van der Waals surface area contributed by atoms with Crippen LogP contribution in [0, 0.1) is 17.5 Å². The Hall–Kier alpha value is -3.28. The Morgan fingerprint density at radius 1 is 0.793 bits per heavy atom. The van der Waals surface area contributed by atoms with Crippen molar-refractivity contribution in [1.82, 2.24) is 10.6 Å². The minimum Gasteiger partial charge on any atom is -0.347 e. The van der Waals surface area contributed by atoms with E-state index in [1.165, 1.54) is 36.4 Å². The van der Waals surface area contributed by atoms with Crippen LogP contribution in [0.4, 0.5) is 13.2 Å². The SMILES string of the molecule is C[C@@]1(c2ccc(F)cc2)NC(=NCc2ccc(F)cc2)NC1c1ccc(F)cc1. The van der Waals surface area contributed by atoms with E-state index in [1.54, 1.807) is 36.4 Å². The van der Waals surface area contributed by atoms with Crippen LogP contribution in [0.1, 0.15) is 29.7 Å². The van der Waals surface area contributed by atoms with E-state index in [0.29, 0.717) is 12.5 Å². The van der Waals surface area contributed by atoms with E-state index in [-0.39, 0.29) is 23.5 Å². The van der Waals surface area contributed by atoms with Crippen molar-refractivity contribution in [2.45, 2.75) is 25.0 Å². The van der Waals surface area contributed by atoms with Crippen LogP contribution in [0.15, 0.2) is 77.8 Å². The molecule has 2 atom stereocenters. The molecule has 0 spiro atoms. The van der Waals surface area contributed by atoms with Crippen molar-refractivity contribution < 1.29 is 13.2 Å². The molecule has 0 aliphatic carbocycles. The maximum Gasteiger partial charge on any atom is 0.192 e. The molecule has 0 amide bonds. The summed E-state index contributed by atoms with van der Waals surface area (Å²) < 4.78 is 40.0. The van der Waals surface area contributed by atoms with Crippen LogP contribution in [0.25, 0.3) is 0 Å². The highest BCUT2D eigenvalue weighted by Gasteiger charge is 2.43. The van der Waals surface area contributed by atoms with Crippen molar-refractivity contribution in [2.75, 3.05) is 0 Å². The first-order chi connectivity index (χ1) is 13.9. The number of hydrogen-bond acceptors (Lipinski definition) is 1. The van der Waals surface area contributed by atoms with Gasteiger partial charge < -0.3 is 10.6 Å². The van der Waals surface area contributed by atoms with Gasteiger partial charge in [-0.05, 0) is 60.0 Å². The van der Waals surface area contributed by atoms with E-state index in [4.69, 9.17) is 0 Å². The van der Waals surface area contributed by atoms with Crippen LogP contribution in [0.3, 0.4) is 0 Å². The number of benzene rings is 3. The summed E-state index contributed by atoms with van der Waals surface area (Å²) in [6.45, 7) is 2.35. The normalized spacial score (nSPS) is 22.3. The van der Waals surface area contributed by atoms with Crippen LogP contribution in [-0.2, 0) is 12.1 Å². The molecule has 6 heteroatoms. The maximum absolute atomic E-state index is 13.4. The number of nitrogens with zero attached hydrogens (tertiary/aromatic N) is 1. The third-order valence-electron chi connectivity index (χ3n) is 5.22. The van der Waals surface area contributed by atoms with Gasteiger partial charge in [-0.25, -0.2) is 18.2 Å². The van der Waals surface area contributed by atoms with E-state index in [2.05, 4.69) is 15.6 Å². The Kier molecular flexibility index (Phi) is 5.01. The minimum atomic E-state index is -0.632. The second-order valence-electron chi connectivity index (χ2n) is 7.25. The van der Waals surface area contributed by atoms with Gasteiger partial charge in [-0.2, -0.15) is 0 Å². The second kappa shape index (κ2) is 7.62. The molecule has 3 nitrogen and oxygen atoms in total. The van der Waals surface area contributed by atoms with Gasteiger partial charge in [0.1, 0.15) is 17.5 Å². The lowest BCUT2D eigenvalue weighted by Crippen LogP contribution is -2.39. The summed E-state index contributed by atoms with van der Waals surface area (Å²) in [7, 11) is 0. The van der Waals surface area contributed by atoms with Crippen molar-refractivity contribution >= 4 is 5.96 Å². The quantitative estimate of drug-likeness (QED) is 0.665. The summed E-state index contributed by atoms with van der Waals surface area (Å²) in [6, 6.07) is 18.5. The average molecular weight is 395 g/mol. The number of nitrogens with one attached hydrogen (secondary N) is 2. The predicted molar refractivity (Wildman–Crippen MR) is 107 cm³/mol. The van der Waals surface area contributed by atoms with Gasteiger partial charge in [0.2, 0.25) is 0 Å². The molecular formula is C23H20F3N3. The second-order valence-corrected chi connectivity index (χ2v) is 7.25. The standard InChI is InChI=1S/C23H20F3N3/c1-23(17-6-12-20(26)13-7-17)21(16-4-10-19(25)11-5-16)28-22(29-23)27-14-15-2-8-18(24)9-3-15/h2-13,21H,14H2,1H3,(H2,27,28,29)/t21?,23-/m0/s1. The number of guanidine groups is 1. The van der Waals surface area contributed by atoms with Crippen molar-refractivity contribution in [3.63, 3.8) is 0 Å². The Bertz CT molecular complexity index is 1010. The lowest BCUT2D eigenvalue weighted by Gasteiger charge is -2.31. The lowest BCUT2D eigenvalue weighted by atomic mass is 9.82. The van der Waals surface area contributed by atoms with Gasteiger partial charge >= 0.3 is 0 Å². The zero-order chi connectivity index (χ0) is 20.4. The van der Waals surface area contributed by atoms with Crippen molar-refractivity contribution in [2.24, 2.45) is 4.99 Å². The highest BCUT2D eigenvalue weighted by Crippen LogP contribution is 2.38. The van der Waals surface area contributed by atoms with Gasteiger partial charge in [-0.1, -0.05) is 36.4 Å². The fourth-order valence-electron chi connectivity index (χ4n) is 3.59. The lowest BCUT2D eigenvalue weighted by molar-refractivity contribution is 0.378. The van der Waals surface area contributed by atoms with Crippen molar-refractivity contribution in [3.05, 3.63) is 107 Å². The molecule has 0 radical (unpaired) electrons. The maximum atomic E-state index is 13.4. The van der Waals surface area contributed by atoms with Gasteiger partial charge in [-0.3, -0.25) is 0 Å². The molecule has 1 aliphatic rings. The first-order valence-electron chi connectivity index (χ1n) is 9.29. The topological polar surface area (TPSA) is 36.4 Å². The van der Waals surface area contributed by atoms with Crippen LogP contribution >= 0.6 is 0 Å². The molecule has 1 unspecified atom stereocenters. The van der Waals surface area contributed by atoms with Gasteiger partial charge in [0.15, 0.2) is 5.96 Å². The predicted octanol–water partition coefficient (Wildman–Crippen LogP) is 4.81. The van der Waals surface area contributed by atoms with E-state index in [0.717, 1.165) is 16.7 Å². The molecule has 3 aromatic rings.